The molecular formula is C18H26F3N3O4S. The van der Waals surface area contributed by atoms with Gasteiger partial charge in [0.2, 0.25) is 15.9 Å². The molecule has 1 aromatic rings. The van der Waals surface area contributed by atoms with E-state index < -0.39 is 46.2 Å². The normalized spacial score (nSPS) is 20.6. The summed E-state index contributed by atoms with van der Waals surface area (Å²) in [6, 6.07) is 1.14. The van der Waals surface area contributed by atoms with Crippen LogP contribution in [0.5, 0.6) is 0 Å². The van der Waals surface area contributed by atoms with Gasteiger partial charge in [0.15, 0.2) is 0 Å². The third-order valence-electron chi connectivity index (χ3n) is 5.15. The van der Waals surface area contributed by atoms with E-state index in [-0.39, 0.29) is 30.8 Å². The van der Waals surface area contributed by atoms with Crippen LogP contribution in [0.2, 0.25) is 0 Å². The zero-order valence-electron chi connectivity index (χ0n) is 16.4. The van der Waals surface area contributed by atoms with Crippen LogP contribution < -0.4 is 10.9 Å². The number of hydrogen-bond donors (Lipinski definition) is 1. The third kappa shape index (κ3) is 5.59. The molecule has 29 heavy (non-hydrogen) atoms. The molecular weight excluding hydrogens is 411 g/mol. The Hall–Kier alpha value is -1.88. The Morgan fingerprint density at radius 1 is 1.21 bits per heavy atom. The molecule has 0 radical (unpaired) electrons. The molecule has 1 aliphatic carbocycles. The second kappa shape index (κ2) is 9.29. The van der Waals surface area contributed by atoms with Crippen molar-refractivity contribution in [3.8, 4) is 0 Å². The van der Waals surface area contributed by atoms with Crippen LogP contribution >= 0.6 is 0 Å². The second-order valence-corrected chi connectivity index (χ2v) is 8.96. The van der Waals surface area contributed by atoms with Crippen LogP contribution in [-0.4, -0.2) is 48.5 Å². The number of nitrogens with zero attached hydrogens (tertiary/aromatic N) is 2. The smallest absolute Gasteiger partial charge is 0.351 e. The molecule has 1 aliphatic rings. The van der Waals surface area contributed by atoms with Crippen molar-refractivity contribution in [3.63, 3.8) is 0 Å². The highest BCUT2D eigenvalue weighted by molar-refractivity contribution is 7.89. The van der Waals surface area contributed by atoms with Crippen molar-refractivity contribution in [2.75, 3.05) is 13.1 Å². The molecule has 2 rings (SSSR count). The van der Waals surface area contributed by atoms with E-state index in [1.807, 2.05) is 0 Å². The molecule has 1 N–H and O–H groups in total. The van der Waals surface area contributed by atoms with Crippen molar-refractivity contribution < 1.29 is 26.4 Å². The van der Waals surface area contributed by atoms with E-state index in [0.717, 1.165) is 22.9 Å². The summed E-state index contributed by atoms with van der Waals surface area (Å²) in [7, 11) is -3.84. The van der Waals surface area contributed by atoms with Gasteiger partial charge >= 0.3 is 6.18 Å². The van der Waals surface area contributed by atoms with Crippen molar-refractivity contribution in [2.24, 2.45) is 5.92 Å². The van der Waals surface area contributed by atoms with Gasteiger partial charge in [-0.05, 0) is 18.9 Å². The van der Waals surface area contributed by atoms with Gasteiger partial charge in [0, 0.05) is 31.4 Å². The number of carbonyl (C=O) groups excluding carboxylic acids is 1. The maximum absolute atomic E-state index is 13.2. The topological polar surface area (TPSA) is 88.5 Å². The standard InChI is InChI=1S/C18H26F3N3O4S/c1-3-24(4-2)29(27,28)13-9-10-17(26)23(11-13)12-16(25)22-15-8-6-5-7-14(15)18(19,20)21/h9-11,14-15H,3-8,12H2,1-2H3,(H,22,25)/t14-,15-/m0/s1. The molecule has 0 bridgehead atoms. The first-order chi connectivity index (χ1) is 13.5. The molecule has 0 saturated heterocycles. The SMILES string of the molecule is CCN(CC)S(=O)(=O)c1ccc(=O)n(CC(=O)N[C@H]2CCCC[C@@H]2C(F)(F)F)c1. The molecule has 0 spiro atoms. The average Bonchev–Trinajstić information content (AvgIpc) is 2.63. The maximum atomic E-state index is 13.2. The number of amides is 1. The molecule has 11 heteroatoms. The summed E-state index contributed by atoms with van der Waals surface area (Å²) in [4.78, 5) is 24.2. The van der Waals surface area contributed by atoms with E-state index in [0.29, 0.717) is 12.8 Å². The summed E-state index contributed by atoms with van der Waals surface area (Å²) >= 11 is 0. The van der Waals surface area contributed by atoms with Crippen molar-refractivity contribution >= 4 is 15.9 Å². The summed E-state index contributed by atoms with van der Waals surface area (Å²) in [5.41, 5.74) is -0.616. The molecule has 0 unspecified atom stereocenters. The monoisotopic (exact) mass is 437 g/mol. The molecule has 2 atom stereocenters. The quantitative estimate of drug-likeness (QED) is 0.708. The van der Waals surface area contributed by atoms with Gasteiger partial charge in [-0.25, -0.2) is 8.42 Å². The lowest BCUT2D eigenvalue weighted by Crippen LogP contribution is -2.49. The van der Waals surface area contributed by atoms with E-state index >= 15 is 0 Å². The molecule has 0 aliphatic heterocycles. The number of aromatic nitrogens is 1. The summed E-state index contributed by atoms with van der Waals surface area (Å²) < 4.78 is 66.8. The number of rotatable bonds is 7. The Labute approximate surface area is 167 Å². The van der Waals surface area contributed by atoms with Crippen molar-refractivity contribution in [1.82, 2.24) is 14.2 Å². The summed E-state index contributed by atoms with van der Waals surface area (Å²) in [6.07, 6.45) is -2.17. The van der Waals surface area contributed by atoms with E-state index in [1.54, 1.807) is 13.8 Å². The zero-order valence-corrected chi connectivity index (χ0v) is 17.2. The van der Waals surface area contributed by atoms with Gasteiger partial charge in [-0.15, -0.1) is 0 Å². The van der Waals surface area contributed by atoms with Crippen LogP contribution in [-0.2, 0) is 21.4 Å². The molecule has 1 heterocycles. The first kappa shape index (κ1) is 23.4. The molecule has 1 fully saturated rings. The van der Waals surface area contributed by atoms with E-state index in [4.69, 9.17) is 0 Å². The lowest BCUT2D eigenvalue weighted by Gasteiger charge is -2.33. The summed E-state index contributed by atoms with van der Waals surface area (Å²) in [5.74, 6) is -2.38. The van der Waals surface area contributed by atoms with E-state index in [1.165, 1.54) is 4.31 Å². The van der Waals surface area contributed by atoms with Crippen LogP contribution in [0.3, 0.4) is 0 Å². The highest BCUT2D eigenvalue weighted by Crippen LogP contribution is 2.37. The van der Waals surface area contributed by atoms with Crippen LogP contribution in [0.25, 0.3) is 0 Å². The number of carbonyl (C=O) groups is 1. The molecule has 1 aromatic heterocycles. The van der Waals surface area contributed by atoms with Gasteiger partial charge in [-0.1, -0.05) is 26.7 Å². The lowest BCUT2D eigenvalue weighted by molar-refractivity contribution is -0.189. The first-order valence-corrected chi connectivity index (χ1v) is 11.0. The van der Waals surface area contributed by atoms with Gasteiger partial charge in [-0.2, -0.15) is 17.5 Å². The van der Waals surface area contributed by atoms with Gasteiger partial charge < -0.3 is 9.88 Å². The summed E-state index contributed by atoms with van der Waals surface area (Å²) in [5, 5.41) is 2.38. The summed E-state index contributed by atoms with van der Waals surface area (Å²) in [6.45, 7) is 3.26. The number of nitrogens with one attached hydrogen (secondary N) is 1. The minimum absolute atomic E-state index is 0.0496. The first-order valence-electron chi connectivity index (χ1n) is 9.57. The van der Waals surface area contributed by atoms with Gasteiger partial charge in [0.1, 0.15) is 6.54 Å². The molecule has 1 amide bonds. The predicted molar refractivity (Wildman–Crippen MR) is 101 cm³/mol. The zero-order chi connectivity index (χ0) is 21.8. The minimum Gasteiger partial charge on any atom is -0.351 e. The fraction of sp³-hybridized carbons (Fsp3) is 0.667. The third-order valence-corrected chi connectivity index (χ3v) is 7.18. The number of alkyl halides is 3. The van der Waals surface area contributed by atoms with Crippen molar-refractivity contribution in [3.05, 3.63) is 28.7 Å². The van der Waals surface area contributed by atoms with Gasteiger partial charge in [-0.3, -0.25) is 9.59 Å². The number of pyridine rings is 1. The van der Waals surface area contributed by atoms with Crippen molar-refractivity contribution in [1.29, 1.82) is 0 Å². The van der Waals surface area contributed by atoms with E-state index in [9.17, 15) is 31.2 Å². The Kier molecular flexibility index (Phi) is 7.50. The average molecular weight is 437 g/mol. The molecule has 164 valence electrons. The van der Waals surface area contributed by atoms with Crippen LogP contribution in [0.1, 0.15) is 39.5 Å². The lowest BCUT2D eigenvalue weighted by atomic mass is 9.84. The highest BCUT2D eigenvalue weighted by atomic mass is 32.2. The molecule has 7 nitrogen and oxygen atoms in total. The van der Waals surface area contributed by atoms with E-state index in [2.05, 4.69) is 5.32 Å². The Balaban J connectivity index is 2.19. The minimum atomic E-state index is -4.41. The number of halogens is 3. The van der Waals surface area contributed by atoms with Gasteiger partial charge in [0.25, 0.3) is 5.56 Å². The Morgan fingerprint density at radius 2 is 1.83 bits per heavy atom. The van der Waals surface area contributed by atoms with Gasteiger partial charge in [0.05, 0.1) is 10.8 Å². The fourth-order valence-corrected chi connectivity index (χ4v) is 5.08. The van der Waals surface area contributed by atoms with Crippen molar-refractivity contribution in [2.45, 2.75) is 63.2 Å². The van der Waals surface area contributed by atoms with Crippen LogP contribution in [0, 0.1) is 5.92 Å². The molecule has 0 aromatic carbocycles. The highest BCUT2D eigenvalue weighted by Gasteiger charge is 2.45. The number of sulfonamides is 1. The second-order valence-electron chi connectivity index (χ2n) is 7.03. The van der Waals surface area contributed by atoms with Crippen LogP contribution in [0.15, 0.2) is 28.0 Å². The largest absolute Gasteiger partial charge is 0.393 e. The fourth-order valence-electron chi connectivity index (χ4n) is 3.60. The molecule has 1 saturated carbocycles. The Morgan fingerprint density at radius 3 is 2.41 bits per heavy atom. The van der Waals surface area contributed by atoms with Crippen LogP contribution in [0.4, 0.5) is 13.2 Å². The predicted octanol–water partition coefficient (Wildman–Crippen LogP) is 2.12. The number of hydrogen-bond acceptors (Lipinski definition) is 4. The Bertz CT molecular complexity index is 879. The maximum Gasteiger partial charge on any atom is 0.393 e.